The molecule has 0 bridgehead atoms. The first-order valence-electron chi connectivity index (χ1n) is 3.30. The molecule has 0 rings (SSSR count). The molecular weight excluding hydrogens is 128 g/mol. The van der Waals surface area contributed by atoms with Gasteiger partial charge in [-0.1, -0.05) is 6.08 Å². The SMILES string of the molecule is C/C=C/C(=O)N(N)C(C)C. The van der Waals surface area contributed by atoms with Crippen LogP contribution in [-0.2, 0) is 4.79 Å². The number of allylic oxidation sites excluding steroid dienone is 1. The summed E-state index contributed by atoms with van der Waals surface area (Å²) >= 11 is 0. The van der Waals surface area contributed by atoms with Gasteiger partial charge >= 0.3 is 0 Å². The second-order valence-electron chi connectivity index (χ2n) is 2.34. The molecule has 0 heterocycles. The van der Waals surface area contributed by atoms with Gasteiger partial charge in [-0.05, 0) is 20.8 Å². The summed E-state index contributed by atoms with van der Waals surface area (Å²) in [5.74, 6) is 5.22. The third-order valence-electron chi connectivity index (χ3n) is 1.12. The largest absolute Gasteiger partial charge is 0.275 e. The fourth-order valence-electron chi connectivity index (χ4n) is 0.483. The van der Waals surface area contributed by atoms with Gasteiger partial charge in [-0.2, -0.15) is 0 Å². The predicted octanol–water partition coefficient (Wildman–Crippen LogP) is 0.673. The minimum atomic E-state index is -0.155. The molecule has 0 saturated heterocycles. The first-order chi connectivity index (χ1) is 4.59. The molecule has 0 aliphatic heterocycles. The average molecular weight is 142 g/mol. The number of rotatable bonds is 2. The summed E-state index contributed by atoms with van der Waals surface area (Å²) in [5, 5.41) is 1.19. The Labute approximate surface area is 61.5 Å². The lowest BCUT2D eigenvalue weighted by atomic mass is 10.3. The molecule has 1 amide bonds. The van der Waals surface area contributed by atoms with Gasteiger partial charge in [-0.15, -0.1) is 0 Å². The topological polar surface area (TPSA) is 46.3 Å². The van der Waals surface area contributed by atoms with Crippen LogP contribution in [-0.4, -0.2) is 17.0 Å². The van der Waals surface area contributed by atoms with Crippen molar-refractivity contribution in [3.63, 3.8) is 0 Å². The van der Waals surface area contributed by atoms with Crippen LogP contribution >= 0.6 is 0 Å². The Morgan fingerprint density at radius 2 is 2.10 bits per heavy atom. The van der Waals surface area contributed by atoms with Gasteiger partial charge in [0.1, 0.15) is 0 Å². The van der Waals surface area contributed by atoms with Crippen LogP contribution in [0.25, 0.3) is 0 Å². The Hall–Kier alpha value is -0.830. The van der Waals surface area contributed by atoms with Crippen molar-refractivity contribution in [2.24, 2.45) is 5.84 Å². The summed E-state index contributed by atoms with van der Waals surface area (Å²) in [6, 6.07) is 0.0590. The number of nitrogens with zero attached hydrogens (tertiary/aromatic N) is 1. The molecule has 0 saturated carbocycles. The van der Waals surface area contributed by atoms with E-state index in [9.17, 15) is 4.79 Å². The summed E-state index contributed by atoms with van der Waals surface area (Å²) in [7, 11) is 0. The van der Waals surface area contributed by atoms with E-state index in [1.807, 2.05) is 13.8 Å². The molecule has 3 nitrogen and oxygen atoms in total. The van der Waals surface area contributed by atoms with Gasteiger partial charge in [0, 0.05) is 12.1 Å². The van der Waals surface area contributed by atoms with E-state index in [2.05, 4.69) is 0 Å². The van der Waals surface area contributed by atoms with Gasteiger partial charge < -0.3 is 0 Å². The highest BCUT2D eigenvalue weighted by Crippen LogP contribution is 1.91. The third kappa shape index (κ3) is 2.64. The number of hydrogen-bond acceptors (Lipinski definition) is 2. The van der Waals surface area contributed by atoms with E-state index in [0.717, 1.165) is 0 Å². The van der Waals surface area contributed by atoms with E-state index in [1.165, 1.54) is 11.1 Å². The first kappa shape index (κ1) is 9.17. The first-order valence-corrected chi connectivity index (χ1v) is 3.30. The molecule has 58 valence electrons. The van der Waals surface area contributed by atoms with Gasteiger partial charge in [0.15, 0.2) is 0 Å². The quantitative estimate of drug-likeness (QED) is 0.266. The Morgan fingerprint density at radius 1 is 1.60 bits per heavy atom. The number of hydrazine groups is 1. The van der Waals surface area contributed by atoms with Crippen LogP contribution in [0.5, 0.6) is 0 Å². The van der Waals surface area contributed by atoms with Crippen molar-refractivity contribution in [1.82, 2.24) is 5.01 Å². The maximum Gasteiger partial charge on any atom is 0.260 e. The van der Waals surface area contributed by atoms with Gasteiger partial charge in [-0.25, -0.2) is 5.84 Å². The molecule has 0 aliphatic rings. The monoisotopic (exact) mass is 142 g/mol. The third-order valence-corrected chi connectivity index (χ3v) is 1.12. The van der Waals surface area contributed by atoms with E-state index < -0.39 is 0 Å². The highest BCUT2D eigenvalue weighted by molar-refractivity contribution is 5.87. The average Bonchev–Trinajstić information content (AvgIpc) is 1.87. The van der Waals surface area contributed by atoms with Crippen molar-refractivity contribution in [3.8, 4) is 0 Å². The molecule has 0 radical (unpaired) electrons. The maximum atomic E-state index is 10.9. The second kappa shape index (κ2) is 4.06. The molecule has 3 heteroatoms. The molecule has 0 atom stereocenters. The van der Waals surface area contributed by atoms with Gasteiger partial charge in [-0.3, -0.25) is 9.80 Å². The van der Waals surface area contributed by atoms with Crippen molar-refractivity contribution in [2.45, 2.75) is 26.8 Å². The lowest BCUT2D eigenvalue weighted by Gasteiger charge is -2.18. The van der Waals surface area contributed by atoms with Crippen molar-refractivity contribution in [1.29, 1.82) is 0 Å². The van der Waals surface area contributed by atoms with Crippen molar-refractivity contribution < 1.29 is 4.79 Å². The van der Waals surface area contributed by atoms with Crippen LogP contribution < -0.4 is 5.84 Å². The van der Waals surface area contributed by atoms with Gasteiger partial charge in [0.2, 0.25) is 0 Å². The standard InChI is InChI=1S/C7H14N2O/c1-4-5-7(10)9(8)6(2)3/h4-6H,8H2,1-3H3/b5-4+. The van der Waals surface area contributed by atoms with E-state index >= 15 is 0 Å². The molecule has 0 aromatic rings. The normalized spacial score (nSPS) is 10.9. The Morgan fingerprint density at radius 3 is 2.40 bits per heavy atom. The minimum Gasteiger partial charge on any atom is -0.275 e. The summed E-state index contributed by atoms with van der Waals surface area (Å²) in [6.45, 7) is 5.51. The van der Waals surface area contributed by atoms with Gasteiger partial charge in [0.25, 0.3) is 5.91 Å². The van der Waals surface area contributed by atoms with Crippen LogP contribution in [0.2, 0.25) is 0 Å². The molecule has 0 unspecified atom stereocenters. The molecule has 0 aliphatic carbocycles. The summed E-state index contributed by atoms with van der Waals surface area (Å²) in [6.07, 6.45) is 3.12. The highest BCUT2D eigenvalue weighted by Gasteiger charge is 2.07. The summed E-state index contributed by atoms with van der Waals surface area (Å²) < 4.78 is 0. The van der Waals surface area contributed by atoms with Gasteiger partial charge in [0.05, 0.1) is 0 Å². The number of carbonyl (C=O) groups excluding carboxylic acids is 1. The predicted molar refractivity (Wildman–Crippen MR) is 41.0 cm³/mol. The van der Waals surface area contributed by atoms with Crippen LogP contribution in [0, 0.1) is 0 Å². The Kier molecular flexibility index (Phi) is 3.72. The lowest BCUT2D eigenvalue weighted by molar-refractivity contribution is -0.127. The Bertz CT molecular complexity index is 141. The number of nitrogens with two attached hydrogens (primary N) is 1. The Balaban J connectivity index is 3.95. The van der Waals surface area contributed by atoms with E-state index in [-0.39, 0.29) is 11.9 Å². The van der Waals surface area contributed by atoms with Crippen LogP contribution in [0.4, 0.5) is 0 Å². The molecule has 0 aromatic heterocycles. The van der Waals surface area contributed by atoms with E-state index in [0.29, 0.717) is 0 Å². The minimum absolute atomic E-state index is 0.0590. The van der Waals surface area contributed by atoms with Crippen LogP contribution in [0.15, 0.2) is 12.2 Å². The molecular formula is C7H14N2O. The van der Waals surface area contributed by atoms with Crippen LogP contribution in [0.1, 0.15) is 20.8 Å². The smallest absolute Gasteiger partial charge is 0.260 e. The van der Waals surface area contributed by atoms with Crippen LogP contribution in [0.3, 0.4) is 0 Å². The van der Waals surface area contributed by atoms with Crippen molar-refractivity contribution >= 4 is 5.91 Å². The number of hydrogen-bond donors (Lipinski definition) is 1. The van der Waals surface area contributed by atoms with E-state index in [1.54, 1.807) is 13.0 Å². The maximum absolute atomic E-state index is 10.9. The lowest BCUT2D eigenvalue weighted by Crippen LogP contribution is -2.41. The molecule has 0 spiro atoms. The van der Waals surface area contributed by atoms with Crippen molar-refractivity contribution in [2.75, 3.05) is 0 Å². The number of amides is 1. The zero-order valence-electron chi connectivity index (χ0n) is 6.66. The fourth-order valence-corrected chi connectivity index (χ4v) is 0.483. The molecule has 0 aromatic carbocycles. The summed E-state index contributed by atoms with van der Waals surface area (Å²) in [5.41, 5.74) is 0. The second-order valence-corrected chi connectivity index (χ2v) is 2.34. The zero-order valence-corrected chi connectivity index (χ0v) is 6.66. The van der Waals surface area contributed by atoms with E-state index in [4.69, 9.17) is 5.84 Å². The zero-order chi connectivity index (χ0) is 8.15. The molecule has 2 N–H and O–H groups in total. The fraction of sp³-hybridized carbons (Fsp3) is 0.571. The number of carbonyl (C=O) groups is 1. The molecule has 0 fully saturated rings. The summed E-state index contributed by atoms with van der Waals surface area (Å²) in [4.78, 5) is 10.9. The molecule has 10 heavy (non-hydrogen) atoms. The van der Waals surface area contributed by atoms with Crippen molar-refractivity contribution in [3.05, 3.63) is 12.2 Å². The highest BCUT2D eigenvalue weighted by atomic mass is 16.2.